The van der Waals surface area contributed by atoms with E-state index in [2.05, 4.69) is 24.0 Å². The van der Waals surface area contributed by atoms with Crippen molar-refractivity contribution in [1.29, 1.82) is 0 Å². The summed E-state index contributed by atoms with van der Waals surface area (Å²) in [7, 11) is 1.67. The number of fused-ring (bicyclic) bond motifs is 1. The molecule has 1 aliphatic heterocycles. The Labute approximate surface area is 184 Å². The Kier molecular flexibility index (Phi) is 6.40. The Bertz CT molecular complexity index is 1040. The summed E-state index contributed by atoms with van der Waals surface area (Å²) >= 11 is 0. The number of carbonyl (C=O) groups is 1. The van der Waals surface area contributed by atoms with Crippen LogP contribution in [0, 0.1) is 5.41 Å². The molecule has 0 N–H and O–H groups in total. The lowest BCUT2D eigenvalue weighted by Gasteiger charge is -2.42. The van der Waals surface area contributed by atoms with Gasteiger partial charge in [0.05, 0.1) is 12.6 Å². The number of pyridine rings is 1. The summed E-state index contributed by atoms with van der Waals surface area (Å²) < 4.78 is 10.9. The number of nitrogens with zero attached hydrogens (tertiary/aromatic N) is 2. The van der Waals surface area contributed by atoms with Gasteiger partial charge in [0, 0.05) is 30.7 Å². The van der Waals surface area contributed by atoms with Crippen molar-refractivity contribution in [1.82, 2.24) is 9.88 Å². The van der Waals surface area contributed by atoms with Crippen LogP contribution in [0.5, 0.6) is 5.75 Å². The minimum atomic E-state index is -0.217. The predicted molar refractivity (Wildman–Crippen MR) is 122 cm³/mol. The number of ether oxygens (including phenoxy) is 2. The molecule has 0 unspecified atom stereocenters. The Morgan fingerprint density at radius 2 is 1.97 bits per heavy atom. The van der Waals surface area contributed by atoms with E-state index in [1.54, 1.807) is 7.11 Å². The van der Waals surface area contributed by atoms with Crippen molar-refractivity contribution in [3.8, 4) is 5.75 Å². The first-order chi connectivity index (χ1) is 15.1. The first-order valence-electron chi connectivity index (χ1n) is 11.0. The quantitative estimate of drug-likeness (QED) is 0.522. The molecule has 1 fully saturated rings. The van der Waals surface area contributed by atoms with Crippen LogP contribution in [0.25, 0.3) is 10.9 Å². The van der Waals surface area contributed by atoms with Gasteiger partial charge in [0.1, 0.15) is 12.4 Å². The summed E-state index contributed by atoms with van der Waals surface area (Å²) in [5.74, 6) is 0.815. The third kappa shape index (κ3) is 4.98. The lowest BCUT2D eigenvalue weighted by atomic mass is 9.73. The van der Waals surface area contributed by atoms with Gasteiger partial charge in [-0.2, -0.15) is 0 Å². The SMILES string of the molecule is CC[C@]1(Cc2cnc3cc(OC)ccc3c2)CCCN(C(=O)OCc2ccccc2)C1. The van der Waals surface area contributed by atoms with Gasteiger partial charge < -0.3 is 14.4 Å². The van der Waals surface area contributed by atoms with Crippen LogP contribution in [0.2, 0.25) is 0 Å². The molecule has 2 aromatic carbocycles. The Hall–Kier alpha value is -3.08. The average molecular weight is 419 g/mol. The van der Waals surface area contributed by atoms with Crippen molar-refractivity contribution >= 4 is 17.0 Å². The maximum atomic E-state index is 12.7. The van der Waals surface area contributed by atoms with E-state index in [4.69, 9.17) is 9.47 Å². The monoisotopic (exact) mass is 418 g/mol. The highest BCUT2D eigenvalue weighted by molar-refractivity contribution is 5.80. The molecule has 4 rings (SSSR count). The van der Waals surface area contributed by atoms with Gasteiger partial charge in [0.25, 0.3) is 0 Å². The number of likely N-dealkylation sites (tertiary alicyclic amines) is 1. The van der Waals surface area contributed by atoms with Gasteiger partial charge in [-0.3, -0.25) is 4.98 Å². The zero-order chi connectivity index (χ0) is 21.7. The van der Waals surface area contributed by atoms with Crippen LogP contribution in [-0.2, 0) is 17.8 Å². The van der Waals surface area contributed by atoms with E-state index in [1.165, 1.54) is 5.56 Å². The number of rotatable bonds is 6. The van der Waals surface area contributed by atoms with Gasteiger partial charge in [-0.1, -0.05) is 37.3 Å². The van der Waals surface area contributed by atoms with Gasteiger partial charge in [0.15, 0.2) is 0 Å². The fourth-order valence-corrected chi connectivity index (χ4v) is 4.54. The van der Waals surface area contributed by atoms with E-state index in [0.717, 1.165) is 61.0 Å². The second-order valence-corrected chi connectivity index (χ2v) is 8.50. The van der Waals surface area contributed by atoms with Crippen molar-refractivity contribution in [2.75, 3.05) is 20.2 Å². The van der Waals surface area contributed by atoms with Gasteiger partial charge in [-0.05, 0) is 60.4 Å². The zero-order valence-corrected chi connectivity index (χ0v) is 18.3. The number of piperidine rings is 1. The molecule has 0 radical (unpaired) electrons. The van der Waals surface area contributed by atoms with Gasteiger partial charge in [0.2, 0.25) is 0 Å². The van der Waals surface area contributed by atoms with Crippen LogP contribution >= 0.6 is 0 Å². The fraction of sp³-hybridized carbons (Fsp3) is 0.385. The molecule has 3 aromatic rings. The van der Waals surface area contributed by atoms with Gasteiger partial charge in [-0.15, -0.1) is 0 Å². The molecule has 31 heavy (non-hydrogen) atoms. The molecule has 1 amide bonds. The van der Waals surface area contributed by atoms with Crippen molar-refractivity contribution in [3.05, 3.63) is 71.9 Å². The fourth-order valence-electron chi connectivity index (χ4n) is 4.54. The summed E-state index contributed by atoms with van der Waals surface area (Å²) in [6.45, 7) is 4.01. The van der Waals surface area contributed by atoms with E-state index in [9.17, 15) is 4.79 Å². The summed E-state index contributed by atoms with van der Waals surface area (Å²) in [6.07, 6.45) is 5.76. The number of methoxy groups -OCH3 is 1. The second-order valence-electron chi connectivity index (χ2n) is 8.50. The molecule has 1 saturated heterocycles. The largest absolute Gasteiger partial charge is 0.497 e. The highest BCUT2D eigenvalue weighted by Crippen LogP contribution is 2.37. The van der Waals surface area contributed by atoms with Crippen molar-refractivity contribution in [2.45, 2.75) is 39.2 Å². The van der Waals surface area contributed by atoms with Crippen LogP contribution < -0.4 is 4.74 Å². The van der Waals surface area contributed by atoms with E-state index >= 15 is 0 Å². The smallest absolute Gasteiger partial charge is 0.410 e. The molecule has 1 aliphatic rings. The highest BCUT2D eigenvalue weighted by atomic mass is 16.6. The molecular weight excluding hydrogens is 388 g/mol. The second kappa shape index (κ2) is 9.38. The summed E-state index contributed by atoms with van der Waals surface area (Å²) in [6, 6.07) is 18.0. The molecule has 162 valence electrons. The van der Waals surface area contributed by atoms with Crippen molar-refractivity contribution in [3.63, 3.8) is 0 Å². The van der Waals surface area contributed by atoms with Crippen LogP contribution in [-0.4, -0.2) is 36.2 Å². The number of hydrogen-bond donors (Lipinski definition) is 0. The topological polar surface area (TPSA) is 51.7 Å². The van der Waals surface area contributed by atoms with Gasteiger partial charge in [-0.25, -0.2) is 4.79 Å². The van der Waals surface area contributed by atoms with Crippen LogP contribution in [0.15, 0.2) is 60.8 Å². The lowest BCUT2D eigenvalue weighted by Crippen LogP contribution is -2.47. The molecule has 0 saturated carbocycles. The van der Waals surface area contributed by atoms with Crippen LogP contribution in [0.4, 0.5) is 4.79 Å². The molecule has 5 heteroatoms. The van der Waals surface area contributed by atoms with Crippen molar-refractivity contribution < 1.29 is 14.3 Å². The number of benzene rings is 2. The lowest BCUT2D eigenvalue weighted by molar-refractivity contribution is 0.0493. The average Bonchev–Trinajstić information content (AvgIpc) is 2.83. The number of hydrogen-bond acceptors (Lipinski definition) is 4. The van der Waals surface area contributed by atoms with Crippen molar-refractivity contribution in [2.24, 2.45) is 5.41 Å². The Morgan fingerprint density at radius 1 is 1.13 bits per heavy atom. The highest BCUT2D eigenvalue weighted by Gasteiger charge is 2.36. The molecular formula is C26H30N2O3. The first-order valence-corrected chi connectivity index (χ1v) is 11.0. The molecule has 5 nitrogen and oxygen atoms in total. The van der Waals surface area contributed by atoms with E-state index in [0.29, 0.717) is 6.61 Å². The first kappa shape index (κ1) is 21.2. The summed E-state index contributed by atoms with van der Waals surface area (Å²) in [5.41, 5.74) is 3.20. The molecule has 0 spiro atoms. The molecule has 0 bridgehead atoms. The normalized spacial score (nSPS) is 18.7. The molecule has 0 aliphatic carbocycles. The Balaban J connectivity index is 1.44. The van der Waals surface area contributed by atoms with E-state index < -0.39 is 0 Å². The maximum Gasteiger partial charge on any atom is 0.410 e. The summed E-state index contributed by atoms with van der Waals surface area (Å²) in [5, 5.41) is 1.11. The molecule has 1 atom stereocenters. The van der Waals surface area contributed by atoms with Gasteiger partial charge >= 0.3 is 6.09 Å². The third-order valence-electron chi connectivity index (χ3n) is 6.40. The minimum Gasteiger partial charge on any atom is -0.497 e. The minimum absolute atomic E-state index is 0.0475. The van der Waals surface area contributed by atoms with E-state index in [1.807, 2.05) is 53.6 Å². The predicted octanol–water partition coefficient (Wildman–Crippen LogP) is 5.61. The number of aromatic nitrogens is 1. The van der Waals surface area contributed by atoms with Crippen LogP contribution in [0.3, 0.4) is 0 Å². The Morgan fingerprint density at radius 3 is 2.74 bits per heavy atom. The van der Waals surface area contributed by atoms with E-state index in [-0.39, 0.29) is 11.5 Å². The summed E-state index contributed by atoms with van der Waals surface area (Å²) in [4.78, 5) is 19.3. The molecule has 1 aromatic heterocycles. The maximum absolute atomic E-state index is 12.7. The number of amides is 1. The zero-order valence-electron chi connectivity index (χ0n) is 18.3. The standard InChI is InChI=1S/C26H30N2O3/c1-3-26(16-21-14-22-10-11-23(30-2)15-24(22)27-17-21)12-7-13-28(19-26)25(29)31-18-20-8-5-4-6-9-20/h4-6,8-11,14-15,17H,3,7,12-13,16,18-19H2,1-2H3/t26-/m1/s1. The van der Waals surface area contributed by atoms with Crippen LogP contribution in [0.1, 0.15) is 37.3 Å². The number of carbonyl (C=O) groups excluding carboxylic acids is 1. The third-order valence-corrected chi connectivity index (χ3v) is 6.40. The molecule has 2 heterocycles.